The quantitative estimate of drug-likeness (QED) is 0.519. The van der Waals surface area contributed by atoms with Crippen LogP contribution in [0.5, 0.6) is 0 Å². The maximum atomic E-state index is 5.71. The summed E-state index contributed by atoms with van der Waals surface area (Å²) in [5, 5.41) is 0. The van der Waals surface area contributed by atoms with Crippen LogP contribution in [0.15, 0.2) is 0 Å². The number of unbranched alkanes of at least 4 members (excludes halogenated alkanes) is 3. The molecule has 1 aliphatic heterocycles. The summed E-state index contributed by atoms with van der Waals surface area (Å²) in [5.74, 6) is 0. The van der Waals surface area contributed by atoms with E-state index in [1.807, 2.05) is 0 Å². The van der Waals surface area contributed by atoms with Gasteiger partial charge in [-0.3, -0.25) is 0 Å². The number of hydrogen-bond donors (Lipinski definition) is 0. The summed E-state index contributed by atoms with van der Waals surface area (Å²) >= 11 is 0. The van der Waals surface area contributed by atoms with Crippen LogP contribution >= 0.6 is 0 Å². The molecule has 0 aromatic carbocycles. The maximum Gasteiger partial charge on any atom is 0.316 e. The Labute approximate surface area is 86.5 Å². The summed E-state index contributed by atoms with van der Waals surface area (Å²) < 4.78 is 16.7. The molecule has 1 fully saturated rings. The van der Waals surface area contributed by atoms with Gasteiger partial charge in [0.05, 0.1) is 0 Å². The number of rotatable bonds is 5. The van der Waals surface area contributed by atoms with Crippen molar-refractivity contribution in [2.75, 3.05) is 0 Å². The normalized spacial score (nSPS) is 32.8. The molecule has 1 rings (SSSR count). The van der Waals surface area contributed by atoms with E-state index in [1.165, 1.54) is 31.7 Å². The van der Waals surface area contributed by atoms with Gasteiger partial charge < -0.3 is 12.3 Å². The van der Waals surface area contributed by atoms with Crippen LogP contribution in [-0.4, -0.2) is 28.6 Å². The zero-order valence-electron chi connectivity index (χ0n) is 8.67. The summed E-state index contributed by atoms with van der Waals surface area (Å²) in [4.78, 5) is 0. The second-order valence-electron chi connectivity index (χ2n) is 3.67. The Morgan fingerprint density at radius 1 is 1.08 bits per heavy atom. The van der Waals surface area contributed by atoms with E-state index in [0.717, 1.165) is 0 Å². The van der Waals surface area contributed by atoms with E-state index in [4.69, 9.17) is 12.3 Å². The summed E-state index contributed by atoms with van der Waals surface area (Å²) in [6, 6.07) is 1.18. The van der Waals surface area contributed by atoms with Gasteiger partial charge in [-0.2, -0.15) is 0 Å². The molecule has 0 aromatic rings. The van der Waals surface area contributed by atoms with E-state index >= 15 is 0 Å². The topological polar surface area (TPSA) is 27.7 Å². The largest absolute Gasteiger partial charge is 0.425 e. The van der Waals surface area contributed by atoms with E-state index < -0.39 is 28.6 Å². The Balaban J connectivity index is 2.10. The molecule has 0 spiro atoms. The molecule has 0 N–H and O–H groups in total. The standard InChI is InChI=1S/C7H20O3Si3/c1-3-4-5-6-7-13(2)9-11-8-12-10-13/h3-7,11-12H2,1-2H3. The van der Waals surface area contributed by atoms with Gasteiger partial charge in [0.25, 0.3) is 20.0 Å². The molecule has 6 heteroatoms. The smallest absolute Gasteiger partial charge is 0.316 e. The third kappa shape index (κ3) is 4.52. The predicted molar refractivity (Wildman–Crippen MR) is 60.9 cm³/mol. The van der Waals surface area contributed by atoms with Crippen LogP contribution in [0.2, 0.25) is 12.6 Å². The lowest BCUT2D eigenvalue weighted by Gasteiger charge is -2.31. The van der Waals surface area contributed by atoms with Crippen LogP contribution < -0.4 is 0 Å². The molecule has 0 saturated carbocycles. The van der Waals surface area contributed by atoms with Crippen molar-refractivity contribution in [3.05, 3.63) is 0 Å². The highest BCUT2D eigenvalue weighted by atomic mass is 28.5. The summed E-state index contributed by atoms with van der Waals surface area (Å²) in [6.45, 7) is 4.43. The van der Waals surface area contributed by atoms with Gasteiger partial charge in [0.1, 0.15) is 0 Å². The minimum atomic E-state index is -1.69. The van der Waals surface area contributed by atoms with Crippen LogP contribution in [0.25, 0.3) is 0 Å². The van der Waals surface area contributed by atoms with Crippen molar-refractivity contribution in [3.63, 3.8) is 0 Å². The van der Waals surface area contributed by atoms with E-state index in [1.54, 1.807) is 0 Å². The Hall–Kier alpha value is 0.531. The molecule has 0 bridgehead atoms. The molecule has 1 aliphatic rings. The molecule has 0 amide bonds. The molecule has 0 aromatic heterocycles. The molecular weight excluding hydrogens is 216 g/mol. The van der Waals surface area contributed by atoms with Crippen molar-refractivity contribution < 1.29 is 12.3 Å². The molecule has 0 aliphatic carbocycles. The lowest BCUT2D eigenvalue weighted by Crippen LogP contribution is -2.46. The fraction of sp³-hybridized carbons (Fsp3) is 1.00. The van der Waals surface area contributed by atoms with Gasteiger partial charge in [0.2, 0.25) is 0 Å². The van der Waals surface area contributed by atoms with Crippen molar-refractivity contribution in [1.82, 2.24) is 0 Å². The predicted octanol–water partition coefficient (Wildman–Crippen LogP) is 0.700. The molecule has 1 heterocycles. The highest BCUT2D eigenvalue weighted by Gasteiger charge is 2.32. The first-order valence-electron chi connectivity index (χ1n) is 5.12. The SMILES string of the molecule is CCCCCC[Si]1(C)O[SiH2]O[SiH2]O1. The van der Waals surface area contributed by atoms with E-state index in [2.05, 4.69) is 13.5 Å². The minimum Gasteiger partial charge on any atom is -0.425 e. The van der Waals surface area contributed by atoms with Crippen LogP contribution in [0.3, 0.4) is 0 Å². The molecule has 0 radical (unpaired) electrons. The van der Waals surface area contributed by atoms with Gasteiger partial charge in [0, 0.05) is 0 Å². The minimum absolute atomic E-state index is 0.637. The highest BCUT2D eigenvalue weighted by Crippen LogP contribution is 2.19. The van der Waals surface area contributed by atoms with Crippen molar-refractivity contribution in [2.24, 2.45) is 0 Å². The fourth-order valence-corrected chi connectivity index (χ4v) is 8.99. The molecule has 78 valence electrons. The van der Waals surface area contributed by atoms with Crippen LogP contribution in [0.4, 0.5) is 0 Å². The average Bonchev–Trinajstić information content (AvgIpc) is 2.14. The first-order chi connectivity index (χ1) is 6.27. The summed E-state index contributed by atoms with van der Waals surface area (Å²) in [6.07, 6.45) is 5.25. The zero-order chi connectivity index (χ0) is 9.57. The van der Waals surface area contributed by atoms with Gasteiger partial charge in [0.15, 0.2) is 0 Å². The molecule has 3 nitrogen and oxygen atoms in total. The molecule has 1 saturated heterocycles. The Bertz CT molecular complexity index is 139. The monoisotopic (exact) mass is 236 g/mol. The third-order valence-corrected chi connectivity index (χ3v) is 10.8. The highest BCUT2D eigenvalue weighted by molar-refractivity contribution is 6.75. The molecule has 0 atom stereocenters. The first kappa shape index (κ1) is 11.6. The van der Waals surface area contributed by atoms with Crippen LogP contribution in [-0.2, 0) is 12.3 Å². The lowest BCUT2D eigenvalue weighted by atomic mass is 10.2. The van der Waals surface area contributed by atoms with Gasteiger partial charge in [-0.25, -0.2) is 0 Å². The average molecular weight is 236 g/mol. The number of hydrogen-bond acceptors (Lipinski definition) is 3. The third-order valence-electron chi connectivity index (χ3n) is 2.38. The van der Waals surface area contributed by atoms with E-state index in [-0.39, 0.29) is 0 Å². The zero-order valence-corrected chi connectivity index (χ0v) is 12.5. The maximum absolute atomic E-state index is 5.71. The summed E-state index contributed by atoms with van der Waals surface area (Å²) in [5.41, 5.74) is 0. The van der Waals surface area contributed by atoms with Crippen molar-refractivity contribution >= 4 is 28.6 Å². The Morgan fingerprint density at radius 2 is 1.77 bits per heavy atom. The van der Waals surface area contributed by atoms with E-state index in [0.29, 0.717) is 0 Å². The molecule has 13 heavy (non-hydrogen) atoms. The fourth-order valence-electron chi connectivity index (χ4n) is 1.43. The second-order valence-corrected chi connectivity index (χ2v) is 10.9. The van der Waals surface area contributed by atoms with Crippen molar-refractivity contribution in [2.45, 2.75) is 45.2 Å². The molecular formula is C7H20O3Si3. The second kappa shape index (κ2) is 6.10. The Kier molecular flexibility index (Phi) is 5.44. The van der Waals surface area contributed by atoms with Gasteiger partial charge in [-0.1, -0.05) is 32.6 Å². The van der Waals surface area contributed by atoms with Gasteiger partial charge >= 0.3 is 8.56 Å². The molecule has 0 unspecified atom stereocenters. The summed E-state index contributed by atoms with van der Waals surface area (Å²) in [7, 11) is -2.96. The lowest BCUT2D eigenvalue weighted by molar-refractivity contribution is 0.298. The van der Waals surface area contributed by atoms with Gasteiger partial charge in [-0.15, -0.1) is 0 Å². The van der Waals surface area contributed by atoms with Crippen molar-refractivity contribution in [1.29, 1.82) is 0 Å². The van der Waals surface area contributed by atoms with Crippen molar-refractivity contribution in [3.8, 4) is 0 Å². The van der Waals surface area contributed by atoms with Gasteiger partial charge in [-0.05, 0) is 12.6 Å². The van der Waals surface area contributed by atoms with E-state index in [9.17, 15) is 0 Å². The first-order valence-corrected chi connectivity index (χ1v) is 9.96. The van der Waals surface area contributed by atoms with Crippen LogP contribution in [0.1, 0.15) is 32.6 Å². The Morgan fingerprint density at radius 3 is 2.38 bits per heavy atom. The van der Waals surface area contributed by atoms with Crippen LogP contribution in [0, 0.1) is 0 Å².